The number of hydrogen-bond donors (Lipinski definition) is 1. The molecule has 8 nitrogen and oxygen atoms in total. The van der Waals surface area contributed by atoms with E-state index in [1.807, 2.05) is 0 Å². The van der Waals surface area contributed by atoms with Crippen LogP contribution in [0.25, 0.3) is 10.9 Å². The molecule has 0 spiro atoms. The van der Waals surface area contributed by atoms with Crippen molar-refractivity contribution in [2.75, 3.05) is 19.0 Å². The molecule has 0 saturated carbocycles. The van der Waals surface area contributed by atoms with Gasteiger partial charge in [0.25, 0.3) is 11.5 Å². The quantitative estimate of drug-likeness (QED) is 0.308. The average molecular weight is 574 g/mol. The number of carbonyl (C=O) groups is 1. The molecular weight excluding hydrogens is 555 g/mol. The first kappa shape index (κ1) is 25.3. The lowest BCUT2D eigenvalue weighted by Gasteiger charge is -2.14. The van der Waals surface area contributed by atoms with Crippen LogP contribution in [-0.4, -0.2) is 35.5 Å². The van der Waals surface area contributed by atoms with Crippen molar-refractivity contribution in [3.8, 4) is 11.5 Å². The van der Waals surface area contributed by atoms with E-state index in [0.717, 1.165) is 9.15 Å². The molecule has 0 bridgehead atoms. The van der Waals surface area contributed by atoms with E-state index in [1.54, 1.807) is 37.3 Å². The number of para-hydroxylation sites is 1. The van der Waals surface area contributed by atoms with Crippen molar-refractivity contribution in [1.29, 1.82) is 0 Å². The molecule has 0 aliphatic heterocycles. The summed E-state index contributed by atoms with van der Waals surface area (Å²) in [6, 6.07) is 14.0. The Hall–Kier alpha value is -3.76. The van der Waals surface area contributed by atoms with Crippen molar-refractivity contribution in [1.82, 2.24) is 9.66 Å². The molecule has 0 atom stereocenters. The van der Waals surface area contributed by atoms with E-state index in [4.69, 9.17) is 21.1 Å². The van der Waals surface area contributed by atoms with Gasteiger partial charge in [-0.05, 0) is 43.3 Å². The number of ether oxygens (including phenoxy) is 2. The number of aryl methyl sites for hydroxylation is 1. The number of methoxy groups -OCH3 is 1. The third kappa shape index (κ3) is 5.55. The number of rotatable bonds is 7. The molecule has 1 aromatic heterocycles. The summed E-state index contributed by atoms with van der Waals surface area (Å²) in [6.45, 7) is 1.21. The van der Waals surface area contributed by atoms with E-state index in [-0.39, 0.29) is 22.7 Å². The molecule has 0 radical (unpaired) electrons. The molecule has 0 unspecified atom stereocenters. The van der Waals surface area contributed by atoms with Gasteiger partial charge in [-0.2, -0.15) is 9.78 Å². The first-order chi connectivity index (χ1) is 17.3. The van der Waals surface area contributed by atoms with E-state index >= 15 is 0 Å². The van der Waals surface area contributed by atoms with Gasteiger partial charge >= 0.3 is 0 Å². The second-order valence-corrected chi connectivity index (χ2v) is 8.88. The monoisotopic (exact) mass is 572 g/mol. The van der Waals surface area contributed by atoms with Crippen molar-refractivity contribution in [3.05, 3.63) is 91.7 Å². The zero-order valence-electron chi connectivity index (χ0n) is 19.1. The number of nitrogens with zero attached hydrogens (tertiary/aromatic N) is 3. The average Bonchev–Trinajstić information content (AvgIpc) is 2.84. The molecule has 0 saturated heterocycles. The number of halogens is 3. The minimum atomic E-state index is -0.587. The van der Waals surface area contributed by atoms with E-state index < -0.39 is 18.3 Å². The Morgan fingerprint density at radius 2 is 2.03 bits per heavy atom. The van der Waals surface area contributed by atoms with Gasteiger partial charge in [-0.3, -0.25) is 9.59 Å². The first-order valence-electron chi connectivity index (χ1n) is 10.5. The second kappa shape index (κ2) is 10.9. The van der Waals surface area contributed by atoms with Crippen LogP contribution in [-0.2, 0) is 4.79 Å². The minimum absolute atomic E-state index is 0.0289. The number of benzene rings is 3. The number of hydrogen-bond acceptors (Lipinski definition) is 6. The molecule has 4 aromatic rings. The summed E-state index contributed by atoms with van der Waals surface area (Å²) in [5.41, 5.74) is 0.553. The maximum Gasteiger partial charge on any atom is 0.282 e. The highest BCUT2D eigenvalue weighted by molar-refractivity contribution is 9.10. The Morgan fingerprint density at radius 3 is 2.78 bits per heavy atom. The smallest absolute Gasteiger partial charge is 0.282 e. The molecule has 0 aliphatic carbocycles. The fourth-order valence-electron chi connectivity index (χ4n) is 3.39. The van der Waals surface area contributed by atoms with Crippen LogP contribution in [0.15, 0.2) is 69.0 Å². The van der Waals surface area contributed by atoms with Crippen molar-refractivity contribution < 1.29 is 18.7 Å². The van der Waals surface area contributed by atoms with Gasteiger partial charge in [0.15, 0.2) is 18.1 Å². The Morgan fingerprint density at radius 1 is 1.25 bits per heavy atom. The van der Waals surface area contributed by atoms with Gasteiger partial charge in [-0.1, -0.05) is 39.7 Å². The Bertz CT molecular complexity index is 1560. The van der Waals surface area contributed by atoms with Gasteiger partial charge in [-0.25, -0.2) is 9.37 Å². The molecule has 184 valence electrons. The van der Waals surface area contributed by atoms with Crippen molar-refractivity contribution >= 4 is 56.2 Å². The Labute approximate surface area is 218 Å². The predicted octanol–water partition coefficient (Wildman–Crippen LogP) is 5.17. The zero-order chi connectivity index (χ0) is 25.8. The highest BCUT2D eigenvalue weighted by Gasteiger charge is 2.15. The third-order valence-corrected chi connectivity index (χ3v) is 5.76. The highest BCUT2D eigenvalue weighted by atomic mass is 79.9. The number of carbonyl (C=O) groups excluding carboxylic acids is 1. The van der Waals surface area contributed by atoms with Crippen LogP contribution in [0, 0.1) is 12.7 Å². The maximum atomic E-state index is 13.8. The highest BCUT2D eigenvalue weighted by Crippen LogP contribution is 2.34. The van der Waals surface area contributed by atoms with Gasteiger partial charge < -0.3 is 14.8 Å². The van der Waals surface area contributed by atoms with Crippen molar-refractivity contribution in [3.63, 3.8) is 0 Å². The van der Waals surface area contributed by atoms with Gasteiger partial charge in [0.2, 0.25) is 0 Å². The lowest BCUT2D eigenvalue weighted by atomic mass is 10.2. The van der Waals surface area contributed by atoms with E-state index in [2.05, 4.69) is 31.3 Å². The van der Waals surface area contributed by atoms with Gasteiger partial charge in [0.05, 0.1) is 29.9 Å². The Kier molecular flexibility index (Phi) is 7.66. The minimum Gasteiger partial charge on any atom is -0.493 e. The Balaban J connectivity index is 1.65. The van der Waals surface area contributed by atoms with Crippen molar-refractivity contribution in [2.45, 2.75) is 6.92 Å². The fraction of sp³-hybridized carbons (Fsp3) is 0.120. The summed E-state index contributed by atoms with van der Waals surface area (Å²) in [5.74, 6) is -0.383. The van der Waals surface area contributed by atoms with Gasteiger partial charge in [0.1, 0.15) is 11.6 Å². The number of anilines is 1. The molecule has 4 rings (SSSR count). The summed E-state index contributed by atoms with van der Waals surface area (Å²) in [4.78, 5) is 29.8. The number of amides is 1. The van der Waals surface area contributed by atoms with E-state index in [9.17, 15) is 14.0 Å². The SMILES string of the molecule is COc1cc(Cl)cc(C=Nn2c(C)nc3ccc(Br)cc3c2=O)c1OCC(=O)Nc1ccccc1F. The molecule has 1 amide bonds. The first-order valence-corrected chi connectivity index (χ1v) is 11.7. The largest absolute Gasteiger partial charge is 0.493 e. The van der Waals surface area contributed by atoms with Crippen molar-refractivity contribution in [2.24, 2.45) is 5.10 Å². The molecule has 0 fully saturated rings. The van der Waals surface area contributed by atoms with Crippen LogP contribution >= 0.6 is 27.5 Å². The molecule has 1 N–H and O–H groups in total. The van der Waals surface area contributed by atoms with Crippen LogP contribution < -0.4 is 20.3 Å². The summed E-state index contributed by atoms with van der Waals surface area (Å²) in [7, 11) is 1.42. The lowest BCUT2D eigenvalue weighted by Crippen LogP contribution is -2.22. The lowest BCUT2D eigenvalue weighted by molar-refractivity contribution is -0.118. The van der Waals surface area contributed by atoms with Crippen LogP contribution in [0.2, 0.25) is 5.02 Å². The summed E-state index contributed by atoms with van der Waals surface area (Å²) < 4.78 is 26.8. The predicted molar refractivity (Wildman–Crippen MR) is 140 cm³/mol. The molecular formula is C25H19BrClFN4O4. The van der Waals surface area contributed by atoms with Crippen LogP contribution in [0.3, 0.4) is 0 Å². The molecule has 36 heavy (non-hydrogen) atoms. The summed E-state index contributed by atoms with van der Waals surface area (Å²) in [6.07, 6.45) is 1.36. The second-order valence-electron chi connectivity index (χ2n) is 7.53. The van der Waals surface area contributed by atoms with Gasteiger partial charge in [-0.15, -0.1) is 0 Å². The molecule has 11 heteroatoms. The van der Waals surface area contributed by atoms with Gasteiger partial charge in [0, 0.05) is 21.1 Å². The maximum absolute atomic E-state index is 13.8. The summed E-state index contributed by atoms with van der Waals surface area (Å²) in [5, 5.41) is 7.45. The van der Waals surface area contributed by atoms with E-state index in [0.29, 0.717) is 27.3 Å². The van der Waals surface area contributed by atoms with Crippen LogP contribution in [0.5, 0.6) is 11.5 Å². The summed E-state index contributed by atoms with van der Waals surface area (Å²) >= 11 is 9.58. The fourth-order valence-corrected chi connectivity index (χ4v) is 3.97. The van der Waals surface area contributed by atoms with Crippen LogP contribution in [0.1, 0.15) is 11.4 Å². The number of nitrogens with one attached hydrogen (secondary N) is 1. The normalized spacial score (nSPS) is 11.1. The number of aromatic nitrogens is 2. The third-order valence-electron chi connectivity index (χ3n) is 5.05. The molecule has 1 heterocycles. The zero-order valence-corrected chi connectivity index (χ0v) is 21.4. The van der Waals surface area contributed by atoms with Crippen LogP contribution in [0.4, 0.5) is 10.1 Å². The number of fused-ring (bicyclic) bond motifs is 1. The standard InChI is InChI=1S/C25H19BrClFN4O4/c1-14-30-20-8-7-16(26)10-18(20)25(34)32(14)29-12-15-9-17(27)11-22(35-2)24(15)36-13-23(33)31-21-6-4-3-5-19(21)28/h3-12H,13H2,1-2H3,(H,31,33). The van der Waals surface area contributed by atoms with E-state index in [1.165, 1.54) is 37.6 Å². The topological polar surface area (TPSA) is 94.8 Å². The molecule has 3 aromatic carbocycles. The molecule has 0 aliphatic rings.